The van der Waals surface area contributed by atoms with E-state index in [1.54, 1.807) is 6.20 Å². The number of allylic oxidation sites excluding steroid dienone is 2. The van der Waals surface area contributed by atoms with E-state index in [1.807, 2.05) is 38.1 Å². The molecule has 160 valence electrons. The van der Waals surface area contributed by atoms with Gasteiger partial charge in [-0.05, 0) is 42.9 Å². The van der Waals surface area contributed by atoms with Gasteiger partial charge in [0.05, 0.1) is 18.4 Å². The summed E-state index contributed by atoms with van der Waals surface area (Å²) in [6.07, 6.45) is 6.98. The van der Waals surface area contributed by atoms with Crippen molar-refractivity contribution in [1.29, 1.82) is 0 Å². The topological polar surface area (TPSA) is 89.9 Å². The number of nitrogens with zero attached hydrogens (tertiary/aromatic N) is 4. The lowest BCUT2D eigenvalue weighted by Gasteiger charge is -2.18. The molecule has 8 nitrogen and oxygen atoms in total. The highest BCUT2D eigenvalue weighted by Gasteiger charge is 2.58. The Morgan fingerprint density at radius 3 is 2.53 bits per heavy atom. The minimum atomic E-state index is -0.132. The second kappa shape index (κ2) is 8.45. The Hall–Kier alpha value is -2.90. The molecule has 1 aliphatic heterocycles. The second-order valence-electron chi connectivity index (χ2n) is 8.37. The number of likely N-dealkylation sites (tertiary alicyclic amines) is 1. The van der Waals surface area contributed by atoms with Gasteiger partial charge < -0.3 is 15.5 Å². The van der Waals surface area contributed by atoms with Crippen molar-refractivity contribution < 1.29 is 9.59 Å². The van der Waals surface area contributed by atoms with Crippen LogP contribution in [0.4, 0.5) is 5.82 Å². The molecule has 4 rings (SSSR count). The summed E-state index contributed by atoms with van der Waals surface area (Å²) in [7, 11) is 3.91. The van der Waals surface area contributed by atoms with Crippen LogP contribution in [-0.4, -0.2) is 61.4 Å². The predicted molar refractivity (Wildman–Crippen MR) is 116 cm³/mol. The number of pyridine rings is 1. The molecular weight excluding hydrogens is 380 g/mol. The minimum Gasteiger partial charge on any atom is -0.363 e. The summed E-state index contributed by atoms with van der Waals surface area (Å²) < 4.78 is 0. The Labute approximate surface area is 177 Å². The zero-order valence-corrected chi connectivity index (χ0v) is 17.8. The number of hydrogen-bond acceptors (Lipinski definition) is 5. The number of aromatic nitrogens is 1. The van der Waals surface area contributed by atoms with Gasteiger partial charge in [0, 0.05) is 39.9 Å². The van der Waals surface area contributed by atoms with Crippen LogP contribution in [0.2, 0.25) is 0 Å². The van der Waals surface area contributed by atoms with Gasteiger partial charge in [-0.25, -0.2) is 9.98 Å². The molecule has 0 radical (unpaired) electrons. The van der Waals surface area contributed by atoms with Crippen molar-refractivity contribution >= 4 is 23.6 Å². The SMILES string of the molecule is CCNC(=NCc1ccnc(N(C)C)c1)NCCN1C(=O)C2C3C=CC(C3)C2C1=O. The van der Waals surface area contributed by atoms with Crippen LogP contribution in [0.1, 0.15) is 18.9 Å². The highest BCUT2D eigenvalue weighted by molar-refractivity contribution is 6.06. The summed E-state index contributed by atoms with van der Waals surface area (Å²) in [6, 6.07) is 3.96. The van der Waals surface area contributed by atoms with Crippen molar-refractivity contribution in [2.24, 2.45) is 28.7 Å². The van der Waals surface area contributed by atoms with Crippen LogP contribution in [0, 0.1) is 23.7 Å². The number of carbonyl (C=O) groups is 2. The van der Waals surface area contributed by atoms with Crippen molar-refractivity contribution in [2.45, 2.75) is 19.9 Å². The number of fused-ring (bicyclic) bond motifs is 5. The fourth-order valence-electron chi connectivity index (χ4n) is 4.79. The highest BCUT2D eigenvalue weighted by Crippen LogP contribution is 2.52. The van der Waals surface area contributed by atoms with Crippen LogP contribution in [0.15, 0.2) is 35.5 Å². The number of anilines is 1. The molecule has 1 saturated carbocycles. The third-order valence-electron chi connectivity index (χ3n) is 6.22. The standard InChI is InChI=1S/C22H30N6O2/c1-4-23-22(26-13-14-7-8-24-17(11-14)27(2)3)25-9-10-28-20(29)18-15-5-6-16(12-15)19(18)21(28)30/h5-8,11,15-16,18-19H,4,9-10,12-13H2,1-3H3,(H2,23,25,26). The summed E-state index contributed by atoms with van der Waals surface area (Å²) >= 11 is 0. The maximum atomic E-state index is 12.8. The van der Waals surface area contributed by atoms with Gasteiger partial charge >= 0.3 is 0 Å². The van der Waals surface area contributed by atoms with Crippen LogP contribution in [0.5, 0.6) is 0 Å². The van der Waals surface area contributed by atoms with Gasteiger partial charge in [0.2, 0.25) is 11.8 Å². The van der Waals surface area contributed by atoms with E-state index in [2.05, 4.69) is 32.8 Å². The molecule has 8 heteroatoms. The van der Waals surface area contributed by atoms with Crippen LogP contribution >= 0.6 is 0 Å². The molecule has 2 amide bonds. The lowest BCUT2D eigenvalue weighted by molar-refractivity contribution is -0.140. The third kappa shape index (κ3) is 3.78. The van der Waals surface area contributed by atoms with E-state index in [1.165, 1.54) is 4.90 Å². The second-order valence-corrected chi connectivity index (χ2v) is 8.37. The smallest absolute Gasteiger partial charge is 0.233 e. The summed E-state index contributed by atoms with van der Waals surface area (Å²) in [4.78, 5) is 37.9. The summed E-state index contributed by atoms with van der Waals surface area (Å²) in [5.74, 6) is 1.79. The number of hydrogen-bond donors (Lipinski definition) is 2. The Balaban J connectivity index is 1.33. The van der Waals surface area contributed by atoms with Crippen molar-refractivity contribution in [3.8, 4) is 0 Å². The fraction of sp³-hybridized carbons (Fsp3) is 0.545. The van der Waals surface area contributed by atoms with E-state index in [4.69, 9.17) is 0 Å². The molecule has 2 bridgehead atoms. The van der Waals surface area contributed by atoms with Gasteiger partial charge in [-0.15, -0.1) is 0 Å². The molecule has 2 N–H and O–H groups in total. The largest absolute Gasteiger partial charge is 0.363 e. The summed E-state index contributed by atoms with van der Waals surface area (Å²) in [6.45, 7) is 4.09. The molecule has 30 heavy (non-hydrogen) atoms. The number of guanidine groups is 1. The van der Waals surface area contributed by atoms with Crippen molar-refractivity contribution in [2.75, 3.05) is 38.6 Å². The molecule has 2 heterocycles. The lowest BCUT2D eigenvalue weighted by Crippen LogP contribution is -2.43. The number of amides is 2. The summed E-state index contributed by atoms with van der Waals surface area (Å²) in [5.41, 5.74) is 1.06. The normalized spacial score (nSPS) is 27.0. The van der Waals surface area contributed by atoms with Gasteiger partial charge in [-0.2, -0.15) is 0 Å². The molecule has 3 aliphatic rings. The number of imide groups is 1. The molecule has 1 saturated heterocycles. The monoisotopic (exact) mass is 410 g/mol. The van der Waals surface area contributed by atoms with Crippen LogP contribution in [-0.2, 0) is 16.1 Å². The van der Waals surface area contributed by atoms with Crippen LogP contribution in [0.3, 0.4) is 0 Å². The first-order chi connectivity index (χ1) is 14.5. The van der Waals surface area contributed by atoms with Gasteiger partial charge in [0.15, 0.2) is 5.96 Å². The number of rotatable bonds is 7. The first kappa shape index (κ1) is 20.4. The fourth-order valence-corrected chi connectivity index (χ4v) is 4.79. The molecule has 0 aromatic carbocycles. The van der Waals surface area contributed by atoms with Gasteiger partial charge in [-0.3, -0.25) is 14.5 Å². The van der Waals surface area contributed by atoms with Crippen molar-refractivity contribution in [3.63, 3.8) is 0 Å². The van der Waals surface area contributed by atoms with Gasteiger partial charge in [0.1, 0.15) is 5.82 Å². The van der Waals surface area contributed by atoms with Crippen LogP contribution in [0.25, 0.3) is 0 Å². The Kier molecular flexibility index (Phi) is 5.74. The van der Waals surface area contributed by atoms with E-state index in [-0.39, 0.29) is 35.5 Å². The average Bonchev–Trinajstić information content (AvgIpc) is 3.42. The first-order valence-corrected chi connectivity index (χ1v) is 10.7. The zero-order valence-electron chi connectivity index (χ0n) is 17.8. The molecule has 2 fully saturated rings. The van der Waals surface area contributed by atoms with Gasteiger partial charge in [-0.1, -0.05) is 12.2 Å². The maximum absolute atomic E-state index is 12.8. The Morgan fingerprint density at radius 2 is 1.90 bits per heavy atom. The summed E-state index contributed by atoms with van der Waals surface area (Å²) in [5, 5.41) is 6.47. The van der Waals surface area contributed by atoms with E-state index in [9.17, 15) is 9.59 Å². The molecule has 1 aromatic heterocycles. The quantitative estimate of drug-likeness (QED) is 0.302. The Bertz CT molecular complexity index is 850. The molecule has 4 unspecified atom stereocenters. The highest BCUT2D eigenvalue weighted by atomic mass is 16.2. The molecule has 2 aliphatic carbocycles. The van der Waals surface area contributed by atoms with Gasteiger partial charge in [0.25, 0.3) is 0 Å². The number of carbonyl (C=O) groups excluding carboxylic acids is 2. The Morgan fingerprint density at radius 1 is 1.20 bits per heavy atom. The third-order valence-corrected chi connectivity index (χ3v) is 6.22. The maximum Gasteiger partial charge on any atom is 0.233 e. The average molecular weight is 411 g/mol. The first-order valence-electron chi connectivity index (χ1n) is 10.7. The van der Waals surface area contributed by atoms with E-state index < -0.39 is 0 Å². The van der Waals surface area contributed by atoms with E-state index in [0.717, 1.165) is 24.3 Å². The minimum absolute atomic E-state index is 0.00131. The van der Waals surface area contributed by atoms with E-state index >= 15 is 0 Å². The molecule has 1 aromatic rings. The lowest BCUT2D eigenvalue weighted by atomic mass is 9.85. The number of nitrogens with one attached hydrogen (secondary N) is 2. The van der Waals surface area contributed by atoms with Crippen molar-refractivity contribution in [3.05, 3.63) is 36.0 Å². The zero-order chi connectivity index (χ0) is 21.3. The van der Waals surface area contributed by atoms with E-state index in [0.29, 0.717) is 25.6 Å². The van der Waals surface area contributed by atoms with Crippen LogP contribution < -0.4 is 15.5 Å². The van der Waals surface area contributed by atoms with Crippen molar-refractivity contribution in [1.82, 2.24) is 20.5 Å². The number of aliphatic imine (C=N–C) groups is 1. The predicted octanol–water partition coefficient (Wildman–Crippen LogP) is 1.01. The molecule has 4 atom stereocenters. The molecule has 0 spiro atoms. The molecular formula is C22H30N6O2.